The maximum absolute atomic E-state index is 13.3. The molecular formula is C17H20FN3O. The molecule has 1 amide bonds. The lowest BCUT2D eigenvalue weighted by atomic mass is 9.92. The van der Waals surface area contributed by atoms with E-state index in [0.29, 0.717) is 5.92 Å². The molecule has 1 atom stereocenters. The molecule has 22 heavy (non-hydrogen) atoms. The van der Waals surface area contributed by atoms with Crippen LogP contribution in [0, 0.1) is 5.82 Å². The number of aromatic nitrogens is 2. The van der Waals surface area contributed by atoms with E-state index in [2.05, 4.69) is 10.2 Å². The van der Waals surface area contributed by atoms with Gasteiger partial charge >= 0.3 is 0 Å². The summed E-state index contributed by atoms with van der Waals surface area (Å²) in [6.45, 7) is 3.32. The molecule has 116 valence electrons. The van der Waals surface area contributed by atoms with Crippen molar-refractivity contribution in [3.05, 3.63) is 53.6 Å². The Balaban J connectivity index is 1.62. The fourth-order valence-electron chi connectivity index (χ4n) is 3.10. The first-order chi connectivity index (χ1) is 10.6. The Morgan fingerprint density at radius 2 is 2.14 bits per heavy atom. The topological polar surface area (TPSA) is 49.0 Å². The number of aromatic amines is 1. The summed E-state index contributed by atoms with van der Waals surface area (Å²) in [5.74, 6) is -0.0841. The van der Waals surface area contributed by atoms with Gasteiger partial charge in [-0.3, -0.25) is 9.89 Å². The third-order valence-corrected chi connectivity index (χ3v) is 4.49. The van der Waals surface area contributed by atoms with Crippen molar-refractivity contribution in [2.75, 3.05) is 13.1 Å². The number of H-pyrrole nitrogens is 1. The van der Waals surface area contributed by atoms with Crippen molar-refractivity contribution in [3.8, 4) is 0 Å². The predicted octanol–water partition coefficient (Wildman–Crippen LogP) is 3.06. The van der Waals surface area contributed by atoms with E-state index >= 15 is 0 Å². The van der Waals surface area contributed by atoms with Gasteiger partial charge < -0.3 is 4.90 Å². The molecule has 4 nitrogen and oxygen atoms in total. The summed E-state index contributed by atoms with van der Waals surface area (Å²) in [6.07, 6.45) is 3.63. The van der Waals surface area contributed by atoms with Crippen molar-refractivity contribution in [1.82, 2.24) is 15.1 Å². The van der Waals surface area contributed by atoms with Crippen LogP contribution in [0.2, 0.25) is 0 Å². The van der Waals surface area contributed by atoms with E-state index < -0.39 is 0 Å². The van der Waals surface area contributed by atoms with Gasteiger partial charge in [0.1, 0.15) is 5.82 Å². The van der Waals surface area contributed by atoms with E-state index in [4.69, 9.17) is 0 Å². The predicted molar refractivity (Wildman–Crippen MR) is 82.0 cm³/mol. The van der Waals surface area contributed by atoms with Gasteiger partial charge in [0.2, 0.25) is 5.91 Å². The van der Waals surface area contributed by atoms with Crippen LogP contribution in [-0.4, -0.2) is 34.1 Å². The van der Waals surface area contributed by atoms with Crippen LogP contribution in [0.15, 0.2) is 36.5 Å². The number of hydrogen-bond donors (Lipinski definition) is 1. The molecule has 1 aromatic carbocycles. The van der Waals surface area contributed by atoms with Crippen molar-refractivity contribution in [2.24, 2.45) is 0 Å². The smallest absolute Gasteiger partial charge is 0.229 e. The highest BCUT2D eigenvalue weighted by atomic mass is 19.1. The van der Waals surface area contributed by atoms with Crippen molar-refractivity contribution < 1.29 is 9.18 Å². The molecule has 0 spiro atoms. The average Bonchev–Trinajstić information content (AvgIpc) is 3.08. The molecule has 2 heterocycles. The van der Waals surface area contributed by atoms with E-state index in [1.54, 1.807) is 12.3 Å². The molecule has 0 saturated carbocycles. The van der Waals surface area contributed by atoms with E-state index in [1.807, 2.05) is 24.0 Å². The monoisotopic (exact) mass is 301 g/mol. The van der Waals surface area contributed by atoms with Gasteiger partial charge in [0.15, 0.2) is 0 Å². The van der Waals surface area contributed by atoms with Crippen LogP contribution in [0.4, 0.5) is 4.39 Å². The SMILES string of the molecule is CC(C(=O)N1CCC(c2ccn[nH]2)CC1)c1cccc(F)c1. The first-order valence-electron chi connectivity index (χ1n) is 7.68. The second-order valence-electron chi connectivity index (χ2n) is 5.89. The highest BCUT2D eigenvalue weighted by Crippen LogP contribution is 2.28. The number of carbonyl (C=O) groups is 1. The number of hydrogen-bond acceptors (Lipinski definition) is 2. The fourth-order valence-corrected chi connectivity index (χ4v) is 3.10. The second kappa shape index (κ2) is 6.30. The van der Waals surface area contributed by atoms with Crippen LogP contribution in [0.3, 0.4) is 0 Å². The zero-order valence-corrected chi connectivity index (χ0v) is 12.6. The van der Waals surface area contributed by atoms with Crippen LogP contribution < -0.4 is 0 Å². The minimum atomic E-state index is -0.306. The first-order valence-corrected chi connectivity index (χ1v) is 7.68. The highest BCUT2D eigenvalue weighted by molar-refractivity contribution is 5.83. The first kappa shape index (κ1) is 14.8. The molecule has 1 aliphatic rings. The molecule has 1 aliphatic heterocycles. The Kier molecular flexibility index (Phi) is 4.22. The molecule has 5 heteroatoms. The summed E-state index contributed by atoms with van der Waals surface area (Å²) in [5, 5.41) is 7.00. The number of amides is 1. The maximum Gasteiger partial charge on any atom is 0.229 e. The van der Waals surface area contributed by atoms with Crippen molar-refractivity contribution in [3.63, 3.8) is 0 Å². The third-order valence-electron chi connectivity index (χ3n) is 4.49. The van der Waals surface area contributed by atoms with Crippen LogP contribution in [-0.2, 0) is 4.79 Å². The molecule has 3 rings (SSSR count). The zero-order valence-electron chi connectivity index (χ0n) is 12.6. The minimum absolute atomic E-state index is 0.0775. The Morgan fingerprint density at radius 1 is 1.36 bits per heavy atom. The van der Waals surface area contributed by atoms with Gasteiger partial charge in [-0.25, -0.2) is 4.39 Å². The minimum Gasteiger partial charge on any atom is -0.342 e. The van der Waals surface area contributed by atoms with Crippen LogP contribution in [0.25, 0.3) is 0 Å². The molecule has 0 bridgehead atoms. The lowest BCUT2D eigenvalue weighted by Crippen LogP contribution is -2.40. The molecule has 2 aromatic rings. The average molecular weight is 301 g/mol. The molecule has 1 fully saturated rings. The van der Waals surface area contributed by atoms with Gasteiger partial charge in [-0.1, -0.05) is 12.1 Å². The van der Waals surface area contributed by atoms with E-state index in [-0.39, 0.29) is 17.6 Å². The van der Waals surface area contributed by atoms with Gasteiger partial charge in [0.05, 0.1) is 5.92 Å². The summed E-state index contributed by atoms with van der Waals surface area (Å²) < 4.78 is 13.3. The molecular weight excluding hydrogens is 281 g/mol. The number of carbonyl (C=O) groups excluding carboxylic acids is 1. The maximum atomic E-state index is 13.3. The Hall–Kier alpha value is -2.17. The third kappa shape index (κ3) is 3.03. The van der Waals surface area contributed by atoms with Crippen LogP contribution in [0.1, 0.15) is 42.9 Å². The molecule has 1 aromatic heterocycles. The Labute approximate surface area is 129 Å². The number of likely N-dealkylation sites (tertiary alicyclic amines) is 1. The van der Waals surface area contributed by atoms with E-state index in [0.717, 1.165) is 37.2 Å². The van der Waals surface area contributed by atoms with Gasteiger partial charge in [-0.2, -0.15) is 5.10 Å². The standard InChI is InChI=1S/C17H20FN3O/c1-12(14-3-2-4-15(18)11-14)17(22)21-9-6-13(7-10-21)16-5-8-19-20-16/h2-5,8,11-13H,6-7,9-10H2,1H3,(H,19,20). The number of nitrogens with zero attached hydrogens (tertiary/aromatic N) is 2. The quantitative estimate of drug-likeness (QED) is 0.947. The van der Waals surface area contributed by atoms with Crippen LogP contribution in [0.5, 0.6) is 0 Å². The number of piperidine rings is 1. The van der Waals surface area contributed by atoms with Crippen molar-refractivity contribution >= 4 is 5.91 Å². The van der Waals surface area contributed by atoms with Gasteiger partial charge in [-0.05, 0) is 43.5 Å². The molecule has 0 aliphatic carbocycles. The van der Waals surface area contributed by atoms with Crippen molar-refractivity contribution in [2.45, 2.75) is 31.6 Å². The van der Waals surface area contributed by atoms with Gasteiger partial charge in [0.25, 0.3) is 0 Å². The number of rotatable bonds is 3. The summed E-state index contributed by atoms with van der Waals surface area (Å²) >= 11 is 0. The highest BCUT2D eigenvalue weighted by Gasteiger charge is 2.27. The summed E-state index contributed by atoms with van der Waals surface area (Å²) in [7, 11) is 0. The van der Waals surface area contributed by atoms with Gasteiger partial charge in [-0.15, -0.1) is 0 Å². The zero-order chi connectivity index (χ0) is 15.5. The van der Waals surface area contributed by atoms with E-state index in [1.165, 1.54) is 12.1 Å². The fraction of sp³-hybridized carbons (Fsp3) is 0.412. The number of nitrogens with one attached hydrogen (secondary N) is 1. The lowest BCUT2D eigenvalue weighted by molar-refractivity contribution is -0.133. The summed E-state index contributed by atoms with van der Waals surface area (Å²) in [5.41, 5.74) is 1.88. The molecule has 0 radical (unpaired) electrons. The number of halogens is 1. The van der Waals surface area contributed by atoms with Crippen molar-refractivity contribution in [1.29, 1.82) is 0 Å². The van der Waals surface area contributed by atoms with Gasteiger partial charge in [0, 0.05) is 30.9 Å². The molecule has 1 unspecified atom stereocenters. The number of benzene rings is 1. The lowest BCUT2D eigenvalue weighted by Gasteiger charge is -2.33. The normalized spacial score (nSPS) is 17.5. The summed E-state index contributed by atoms with van der Waals surface area (Å²) in [4.78, 5) is 14.5. The summed E-state index contributed by atoms with van der Waals surface area (Å²) in [6, 6.07) is 8.30. The molecule has 1 saturated heterocycles. The molecule has 1 N–H and O–H groups in total. The second-order valence-corrected chi connectivity index (χ2v) is 5.89. The largest absolute Gasteiger partial charge is 0.342 e. The van der Waals surface area contributed by atoms with Crippen LogP contribution >= 0.6 is 0 Å². The van der Waals surface area contributed by atoms with E-state index in [9.17, 15) is 9.18 Å². The Bertz CT molecular complexity index is 633. The Morgan fingerprint density at radius 3 is 2.77 bits per heavy atom.